The minimum atomic E-state index is -0.467. The van der Waals surface area contributed by atoms with Crippen molar-refractivity contribution in [2.75, 3.05) is 5.32 Å². The van der Waals surface area contributed by atoms with E-state index in [1.165, 1.54) is 11.3 Å². The van der Waals surface area contributed by atoms with Gasteiger partial charge in [0.1, 0.15) is 5.01 Å². The molecule has 5 nitrogen and oxygen atoms in total. The molecule has 2 heterocycles. The van der Waals surface area contributed by atoms with Crippen LogP contribution in [0.15, 0.2) is 24.3 Å². The van der Waals surface area contributed by atoms with Crippen molar-refractivity contribution in [1.29, 1.82) is 0 Å². The number of benzene rings is 1. The fourth-order valence-corrected chi connectivity index (χ4v) is 2.33. The van der Waals surface area contributed by atoms with Crippen LogP contribution in [0.25, 0.3) is 0 Å². The number of hydrogen-bond donors (Lipinski definition) is 1. The molecule has 3 rings (SSSR count). The normalized spacial score (nSPS) is 17.7. The van der Waals surface area contributed by atoms with Crippen LogP contribution in [-0.4, -0.2) is 16.2 Å². The highest BCUT2D eigenvalue weighted by Gasteiger charge is 2.30. The number of aryl methyl sites for hydroxylation is 1. The maximum absolute atomic E-state index is 11.6. The molecule has 0 saturated carbocycles. The van der Waals surface area contributed by atoms with E-state index in [1.54, 1.807) is 6.07 Å². The lowest BCUT2D eigenvalue weighted by Gasteiger charge is -2.10. The second-order valence-corrected chi connectivity index (χ2v) is 4.82. The lowest BCUT2D eigenvalue weighted by molar-refractivity contribution is 0.0437. The Morgan fingerprint density at radius 1 is 1.35 bits per heavy atom. The van der Waals surface area contributed by atoms with Crippen LogP contribution in [0.1, 0.15) is 27.2 Å². The first-order valence-corrected chi connectivity index (χ1v) is 5.92. The van der Waals surface area contributed by atoms with Crippen molar-refractivity contribution in [2.45, 2.75) is 13.2 Å². The molecule has 1 aliphatic heterocycles. The summed E-state index contributed by atoms with van der Waals surface area (Å²) < 4.78 is 5.23. The zero-order valence-electron chi connectivity index (χ0n) is 9.01. The third kappa shape index (κ3) is 1.76. The number of aromatic nitrogens is 2. The molecule has 1 N–H and O–H groups in total. The molecule has 1 aromatic heterocycles. The number of nitrogens with one attached hydrogen (secondary N) is 1. The second-order valence-electron chi connectivity index (χ2n) is 3.64. The van der Waals surface area contributed by atoms with Crippen LogP contribution in [0, 0.1) is 6.92 Å². The monoisotopic (exact) mass is 247 g/mol. The summed E-state index contributed by atoms with van der Waals surface area (Å²) in [6, 6.07) is 7.31. The maximum atomic E-state index is 11.6. The molecule has 1 unspecified atom stereocenters. The van der Waals surface area contributed by atoms with Crippen molar-refractivity contribution < 1.29 is 9.53 Å². The molecule has 86 valence electrons. The lowest BCUT2D eigenvalue weighted by Crippen LogP contribution is -2.09. The third-order valence-electron chi connectivity index (χ3n) is 2.47. The van der Waals surface area contributed by atoms with Gasteiger partial charge in [0.15, 0.2) is 0 Å². The van der Waals surface area contributed by atoms with Gasteiger partial charge in [0, 0.05) is 5.56 Å². The van der Waals surface area contributed by atoms with Gasteiger partial charge in [0.05, 0.1) is 5.56 Å². The van der Waals surface area contributed by atoms with Gasteiger partial charge in [0.2, 0.25) is 11.4 Å². The summed E-state index contributed by atoms with van der Waals surface area (Å²) in [5.41, 5.74) is 1.44. The number of fused-ring (bicyclic) bond motifs is 1. The van der Waals surface area contributed by atoms with Crippen LogP contribution < -0.4 is 5.32 Å². The molecule has 1 aromatic carbocycles. The Bertz CT molecular complexity index is 582. The number of hydrogen-bond acceptors (Lipinski definition) is 6. The molecule has 1 atom stereocenters. The highest BCUT2D eigenvalue weighted by Crippen LogP contribution is 2.31. The molecule has 17 heavy (non-hydrogen) atoms. The summed E-state index contributed by atoms with van der Waals surface area (Å²) in [6.45, 7) is 1.87. The van der Waals surface area contributed by atoms with E-state index < -0.39 is 6.23 Å². The van der Waals surface area contributed by atoms with E-state index in [0.717, 1.165) is 10.6 Å². The SMILES string of the molecule is Cc1nnc(NC2OC(=O)c3ccccc32)s1. The predicted octanol–water partition coefficient (Wildman–Crippen LogP) is 2.13. The van der Waals surface area contributed by atoms with Gasteiger partial charge in [-0.1, -0.05) is 29.5 Å². The van der Waals surface area contributed by atoms with Gasteiger partial charge in [-0.2, -0.15) is 0 Å². The molecular weight excluding hydrogens is 238 g/mol. The molecule has 1 aliphatic rings. The van der Waals surface area contributed by atoms with E-state index in [1.807, 2.05) is 25.1 Å². The van der Waals surface area contributed by atoms with Crippen molar-refractivity contribution in [3.63, 3.8) is 0 Å². The highest BCUT2D eigenvalue weighted by atomic mass is 32.1. The average molecular weight is 247 g/mol. The largest absolute Gasteiger partial charge is 0.434 e. The van der Waals surface area contributed by atoms with E-state index >= 15 is 0 Å². The highest BCUT2D eigenvalue weighted by molar-refractivity contribution is 7.15. The van der Waals surface area contributed by atoms with Gasteiger partial charge in [-0.25, -0.2) is 4.79 Å². The van der Waals surface area contributed by atoms with Crippen LogP contribution in [-0.2, 0) is 4.74 Å². The number of esters is 1. The Morgan fingerprint density at radius 2 is 2.18 bits per heavy atom. The predicted molar refractivity (Wildman–Crippen MR) is 62.9 cm³/mol. The van der Waals surface area contributed by atoms with Gasteiger partial charge in [0.25, 0.3) is 0 Å². The molecule has 6 heteroatoms. The van der Waals surface area contributed by atoms with Gasteiger partial charge in [-0.3, -0.25) is 0 Å². The van der Waals surface area contributed by atoms with Gasteiger partial charge in [-0.15, -0.1) is 10.2 Å². The van der Waals surface area contributed by atoms with Crippen molar-refractivity contribution in [2.24, 2.45) is 0 Å². The van der Waals surface area contributed by atoms with Gasteiger partial charge < -0.3 is 10.1 Å². The first kappa shape index (κ1) is 10.2. The maximum Gasteiger partial charge on any atom is 0.340 e. The molecular formula is C11H9N3O2S. The number of carbonyl (C=O) groups excluding carboxylic acids is 1. The van der Waals surface area contributed by atoms with Crippen LogP contribution in [0.4, 0.5) is 5.13 Å². The fourth-order valence-electron chi connectivity index (χ4n) is 1.72. The topological polar surface area (TPSA) is 64.1 Å². The summed E-state index contributed by atoms with van der Waals surface area (Å²) in [7, 11) is 0. The second kappa shape index (κ2) is 3.81. The minimum Gasteiger partial charge on any atom is -0.434 e. The van der Waals surface area contributed by atoms with E-state index in [4.69, 9.17) is 4.74 Å². The lowest BCUT2D eigenvalue weighted by atomic mass is 10.1. The number of cyclic esters (lactones) is 1. The molecule has 2 aromatic rings. The van der Waals surface area contributed by atoms with Crippen LogP contribution in [0.5, 0.6) is 0 Å². The summed E-state index contributed by atoms with van der Waals surface area (Å²) in [5.74, 6) is -0.306. The molecule has 0 saturated heterocycles. The fraction of sp³-hybridized carbons (Fsp3) is 0.182. The minimum absolute atomic E-state index is 0.306. The van der Waals surface area contributed by atoms with Crippen molar-refractivity contribution in [1.82, 2.24) is 10.2 Å². The zero-order valence-corrected chi connectivity index (χ0v) is 9.82. The Kier molecular flexibility index (Phi) is 2.29. The summed E-state index contributed by atoms with van der Waals surface area (Å²) in [6.07, 6.45) is -0.467. The van der Waals surface area contributed by atoms with E-state index in [2.05, 4.69) is 15.5 Å². The van der Waals surface area contributed by atoms with Crippen LogP contribution in [0.2, 0.25) is 0 Å². The Hall–Kier alpha value is -1.95. The first-order valence-electron chi connectivity index (χ1n) is 5.10. The van der Waals surface area contributed by atoms with E-state index in [-0.39, 0.29) is 5.97 Å². The van der Waals surface area contributed by atoms with Gasteiger partial charge >= 0.3 is 5.97 Å². The van der Waals surface area contributed by atoms with Gasteiger partial charge in [-0.05, 0) is 13.0 Å². The quantitative estimate of drug-likeness (QED) is 0.823. The number of rotatable bonds is 2. The smallest absolute Gasteiger partial charge is 0.340 e. The number of nitrogens with zero attached hydrogens (tertiary/aromatic N) is 2. The van der Waals surface area contributed by atoms with E-state index in [9.17, 15) is 4.79 Å². The average Bonchev–Trinajstić information content (AvgIpc) is 2.86. The van der Waals surface area contributed by atoms with Crippen LogP contribution >= 0.6 is 11.3 Å². The molecule has 0 radical (unpaired) electrons. The number of anilines is 1. The summed E-state index contributed by atoms with van der Waals surface area (Å²) in [4.78, 5) is 11.6. The molecule has 0 bridgehead atoms. The van der Waals surface area contributed by atoms with Crippen molar-refractivity contribution >= 4 is 22.4 Å². The number of ether oxygens (including phenoxy) is 1. The first-order chi connectivity index (χ1) is 8.24. The molecule has 0 spiro atoms. The summed E-state index contributed by atoms with van der Waals surface area (Å²) >= 11 is 1.43. The Balaban J connectivity index is 1.89. The molecule has 0 amide bonds. The van der Waals surface area contributed by atoms with Crippen molar-refractivity contribution in [3.8, 4) is 0 Å². The van der Waals surface area contributed by atoms with Crippen molar-refractivity contribution in [3.05, 3.63) is 40.4 Å². The van der Waals surface area contributed by atoms with E-state index in [0.29, 0.717) is 10.7 Å². The zero-order chi connectivity index (χ0) is 11.8. The third-order valence-corrected chi connectivity index (χ3v) is 3.24. The number of carbonyl (C=O) groups is 1. The molecule has 0 aliphatic carbocycles. The molecule has 0 fully saturated rings. The van der Waals surface area contributed by atoms with Crippen LogP contribution in [0.3, 0.4) is 0 Å². The Labute approximate surface area is 101 Å². The standard InChI is InChI=1S/C11H9N3O2S/c1-6-13-14-11(17-6)12-9-7-4-2-3-5-8(7)10(15)16-9/h2-5,9H,1H3,(H,12,14). The Morgan fingerprint density at radius 3 is 2.94 bits per heavy atom. The summed E-state index contributed by atoms with van der Waals surface area (Å²) in [5, 5.41) is 12.4.